The molecule has 1 aromatic carbocycles. The lowest BCUT2D eigenvalue weighted by Crippen LogP contribution is -2.57. The third-order valence-corrected chi connectivity index (χ3v) is 5.19. The van der Waals surface area contributed by atoms with E-state index in [4.69, 9.17) is 9.47 Å². The van der Waals surface area contributed by atoms with Crippen molar-refractivity contribution in [1.82, 2.24) is 15.1 Å². The Kier molecular flexibility index (Phi) is 7.76. The number of carbonyl (C=O) groups excluding carboxylic acids is 2. The topological polar surface area (TPSA) is 83.5 Å². The first-order valence-corrected chi connectivity index (χ1v) is 11.0. The summed E-state index contributed by atoms with van der Waals surface area (Å²) in [5.41, 5.74) is 0.513. The number of hydrogen-bond donors (Lipinski definition) is 1. The van der Waals surface area contributed by atoms with Gasteiger partial charge in [-0.1, -0.05) is 30.3 Å². The molecule has 2 aliphatic rings. The maximum atomic E-state index is 12.3. The monoisotopic (exact) mass is 430 g/mol. The van der Waals surface area contributed by atoms with Gasteiger partial charge in [-0.25, -0.2) is 4.79 Å². The summed E-state index contributed by atoms with van der Waals surface area (Å²) in [7, 11) is 0. The van der Waals surface area contributed by atoms with Crippen LogP contribution in [0, 0.1) is 0 Å². The van der Waals surface area contributed by atoms with E-state index in [0.717, 1.165) is 37.5 Å². The number of esters is 1. The molecule has 1 N–H and O–H groups in total. The first-order valence-electron chi connectivity index (χ1n) is 11.0. The zero-order valence-corrected chi connectivity index (χ0v) is 18.8. The molecule has 1 amide bonds. The third-order valence-electron chi connectivity index (χ3n) is 5.19. The fourth-order valence-electron chi connectivity index (χ4n) is 3.63. The lowest BCUT2D eigenvalue weighted by molar-refractivity contribution is -0.145. The Morgan fingerprint density at radius 2 is 1.94 bits per heavy atom. The first-order chi connectivity index (χ1) is 14.8. The van der Waals surface area contributed by atoms with Crippen LogP contribution < -0.4 is 5.32 Å². The number of aliphatic imine (C=N–C) groups is 1. The lowest BCUT2D eigenvalue weighted by Gasteiger charge is -2.39. The average Bonchev–Trinajstić information content (AvgIpc) is 3.14. The minimum atomic E-state index is -0.485. The van der Waals surface area contributed by atoms with Gasteiger partial charge in [-0.3, -0.25) is 9.79 Å². The Morgan fingerprint density at radius 3 is 2.68 bits per heavy atom. The molecule has 1 saturated heterocycles. The zero-order chi connectivity index (χ0) is 22.3. The summed E-state index contributed by atoms with van der Waals surface area (Å²) in [6, 6.07) is 9.89. The highest BCUT2D eigenvalue weighted by molar-refractivity contribution is 5.82. The van der Waals surface area contributed by atoms with Gasteiger partial charge < -0.3 is 24.6 Å². The molecule has 170 valence electrons. The molecule has 0 spiro atoms. The Bertz CT molecular complexity index is 776. The summed E-state index contributed by atoms with van der Waals surface area (Å²) < 4.78 is 10.8. The van der Waals surface area contributed by atoms with E-state index in [9.17, 15) is 9.59 Å². The van der Waals surface area contributed by atoms with Gasteiger partial charge in [-0.05, 0) is 39.2 Å². The molecule has 1 atom stereocenters. The zero-order valence-electron chi connectivity index (χ0n) is 18.8. The maximum absolute atomic E-state index is 12.3. The molecular formula is C23H34N4O4. The van der Waals surface area contributed by atoms with Crippen molar-refractivity contribution in [3.63, 3.8) is 0 Å². The van der Waals surface area contributed by atoms with Crippen LogP contribution in [0.2, 0.25) is 0 Å². The summed E-state index contributed by atoms with van der Waals surface area (Å²) in [5, 5.41) is 3.38. The molecule has 2 heterocycles. The molecule has 0 aliphatic carbocycles. The smallest absolute Gasteiger partial charge is 0.410 e. The number of benzene rings is 1. The van der Waals surface area contributed by atoms with Crippen LogP contribution >= 0.6 is 0 Å². The lowest BCUT2D eigenvalue weighted by atomic mass is 10.2. The maximum Gasteiger partial charge on any atom is 0.410 e. The van der Waals surface area contributed by atoms with E-state index in [1.54, 1.807) is 4.90 Å². The highest BCUT2D eigenvalue weighted by Crippen LogP contribution is 2.18. The minimum Gasteiger partial charge on any atom is -0.461 e. The quantitative estimate of drug-likeness (QED) is 0.529. The second kappa shape index (κ2) is 10.5. The van der Waals surface area contributed by atoms with Gasteiger partial charge in [-0.15, -0.1) is 0 Å². The molecule has 0 radical (unpaired) electrons. The molecule has 31 heavy (non-hydrogen) atoms. The Morgan fingerprint density at radius 1 is 1.16 bits per heavy atom. The molecule has 8 heteroatoms. The van der Waals surface area contributed by atoms with Crippen molar-refractivity contribution < 1.29 is 19.1 Å². The fraction of sp³-hybridized carbons (Fsp3) is 0.609. The molecule has 0 saturated carbocycles. The predicted octanol–water partition coefficient (Wildman–Crippen LogP) is 2.78. The number of ether oxygens (including phenoxy) is 2. The number of rotatable bonds is 7. The van der Waals surface area contributed by atoms with E-state index in [1.165, 1.54) is 0 Å². The van der Waals surface area contributed by atoms with Gasteiger partial charge in [-0.2, -0.15) is 0 Å². The van der Waals surface area contributed by atoms with Crippen LogP contribution in [0.15, 0.2) is 35.3 Å². The Hall–Kier alpha value is -2.77. The van der Waals surface area contributed by atoms with Gasteiger partial charge in [0.15, 0.2) is 5.96 Å². The van der Waals surface area contributed by atoms with E-state index in [1.807, 2.05) is 51.1 Å². The van der Waals surface area contributed by atoms with E-state index < -0.39 is 5.60 Å². The first kappa shape index (κ1) is 22.9. The van der Waals surface area contributed by atoms with Crippen molar-refractivity contribution in [2.45, 2.75) is 58.3 Å². The van der Waals surface area contributed by atoms with Gasteiger partial charge in [0.05, 0.1) is 12.6 Å². The van der Waals surface area contributed by atoms with Crippen LogP contribution in [0.25, 0.3) is 0 Å². The minimum absolute atomic E-state index is 0.166. The molecule has 1 fully saturated rings. The van der Waals surface area contributed by atoms with Gasteiger partial charge in [0.25, 0.3) is 0 Å². The van der Waals surface area contributed by atoms with Crippen molar-refractivity contribution in [2.24, 2.45) is 4.99 Å². The van der Waals surface area contributed by atoms with Crippen LogP contribution in [0.1, 0.15) is 45.6 Å². The number of hydrogen-bond acceptors (Lipinski definition) is 7. The number of piperazine rings is 1. The molecular weight excluding hydrogens is 396 g/mol. The standard InChI is InChI=1S/C23H34N4O4/c1-23(2,3)31-22(29)26-13-14-27-19(16-26)15-25-21(27)24-12-8-7-11-20(28)30-17-18-9-5-4-6-10-18/h4-6,9-10,19H,7-8,11-17H2,1-3H3,(H,24,25). The average molecular weight is 431 g/mol. The molecule has 0 bridgehead atoms. The van der Waals surface area contributed by atoms with Gasteiger partial charge in [0.2, 0.25) is 0 Å². The Balaban J connectivity index is 1.29. The molecule has 2 aliphatic heterocycles. The summed E-state index contributed by atoms with van der Waals surface area (Å²) in [6.45, 7) is 9.38. The predicted molar refractivity (Wildman–Crippen MR) is 119 cm³/mol. The molecule has 1 aromatic rings. The van der Waals surface area contributed by atoms with Crippen molar-refractivity contribution in [1.29, 1.82) is 0 Å². The summed E-state index contributed by atoms with van der Waals surface area (Å²) in [4.78, 5) is 32.8. The van der Waals surface area contributed by atoms with Crippen molar-refractivity contribution in [2.75, 3.05) is 32.7 Å². The van der Waals surface area contributed by atoms with E-state index in [-0.39, 0.29) is 18.1 Å². The highest BCUT2D eigenvalue weighted by Gasteiger charge is 2.36. The number of unbranched alkanes of at least 4 members (excludes halogenated alkanes) is 1. The number of nitrogens with one attached hydrogen (secondary N) is 1. The van der Waals surface area contributed by atoms with Gasteiger partial charge in [0.1, 0.15) is 12.2 Å². The highest BCUT2D eigenvalue weighted by atomic mass is 16.6. The number of nitrogens with zero attached hydrogens (tertiary/aromatic N) is 3. The van der Waals surface area contributed by atoms with Crippen LogP contribution in [0.3, 0.4) is 0 Å². The number of carbonyl (C=O) groups is 2. The summed E-state index contributed by atoms with van der Waals surface area (Å²) in [6.07, 6.45) is 1.79. The van der Waals surface area contributed by atoms with Gasteiger partial charge in [0, 0.05) is 32.6 Å². The molecule has 3 rings (SSSR count). The number of amides is 1. The summed E-state index contributed by atoms with van der Waals surface area (Å²) >= 11 is 0. The van der Waals surface area contributed by atoms with E-state index in [0.29, 0.717) is 32.7 Å². The number of fused-ring (bicyclic) bond motifs is 1. The van der Waals surface area contributed by atoms with Crippen LogP contribution in [0.4, 0.5) is 4.79 Å². The van der Waals surface area contributed by atoms with Crippen LogP contribution in [-0.2, 0) is 20.9 Å². The molecule has 1 unspecified atom stereocenters. The van der Waals surface area contributed by atoms with E-state index in [2.05, 4.69) is 15.2 Å². The van der Waals surface area contributed by atoms with E-state index >= 15 is 0 Å². The summed E-state index contributed by atoms with van der Waals surface area (Å²) in [5.74, 6) is 0.723. The third kappa shape index (κ3) is 7.15. The van der Waals surface area contributed by atoms with Crippen molar-refractivity contribution in [3.05, 3.63) is 35.9 Å². The normalized spacial score (nSPS) is 18.3. The van der Waals surface area contributed by atoms with Gasteiger partial charge >= 0.3 is 12.1 Å². The fourth-order valence-corrected chi connectivity index (χ4v) is 3.63. The second-order valence-electron chi connectivity index (χ2n) is 8.97. The number of guanidine groups is 1. The Labute approximate surface area is 184 Å². The van der Waals surface area contributed by atoms with Crippen molar-refractivity contribution in [3.8, 4) is 0 Å². The SMILES string of the molecule is CC(C)(C)OC(=O)N1CCN2C(NCCCCC(=O)OCc3ccccc3)=NCC2C1. The molecule has 8 nitrogen and oxygen atoms in total. The molecule has 0 aromatic heterocycles. The largest absolute Gasteiger partial charge is 0.461 e. The second-order valence-corrected chi connectivity index (χ2v) is 8.97. The van der Waals surface area contributed by atoms with Crippen LogP contribution in [-0.4, -0.2) is 72.2 Å². The van der Waals surface area contributed by atoms with Crippen molar-refractivity contribution >= 4 is 18.0 Å². The van der Waals surface area contributed by atoms with Crippen LogP contribution in [0.5, 0.6) is 0 Å².